The van der Waals surface area contributed by atoms with Crippen LogP contribution in [0.15, 0.2) is 84.0 Å². The van der Waals surface area contributed by atoms with Crippen molar-refractivity contribution in [1.29, 1.82) is 0 Å². The van der Waals surface area contributed by atoms with Gasteiger partial charge < -0.3 is 9.88 Å². The van der Waals surface area contributed by atoms with E-state index in [-0.39, 0.29) is 0 Å². The van der Waals surface area contributed by atoms with Crippen LogP contribution in [0.2, 0.25) is 0 Å². The molecule has 2 aliphatic carbocycles. The Hall–Kier alpha value is -3.99. The van der Waals surface area contributed by atoms with Crippen molar-refractivity contribution in [1.82, 2.24) is 14.5 Å². The van der Waals surface area contributed by atoms with Crippen LogP contribution in [0.25, 0.3) is 28.1 Å². The van der Waals surface area contributed by atoms with Gasteiger partial charge in [-0.15, -0.1) is 0 Å². The van der Waals surface area contributed by atoms with Crippen molar-refractivity contribution in [3.63, 3.8) is 0 Å². The lowest BCUT2D eigenvalue weighted by Gasteiger charge is -2.23. The molecule has 0 atom stereocenters. The highest BCUT2D eigenvalue weighted by atomic mass is 15.0. The molecule has 1 aromatic heterocycles. The van der Waals surface area contributed by atoms with Crippen molar-refractivity contribution in [2.75, 3.05) is 5.32 Å². The summed E-state index contributed by atoms with van der Waals surface area (Å²) in [5.41, 5.74) is 9.28. The monoisotopic (exact) mass is 445 g/mol. The van der Waals surface area contributed by atoms with E-state index in [1.807, 2.05) is 25.3 Å². The van der Waals surface area contributed by atoms with Crippen molar-refractivity contribution >= 4 is 22.4 Å². The fraction of sp³-hybridized carbons (Fsp3) is 0.207. The van der Waals surface area contributed by atoms with E-state index in [0.29, 0.717) is 6.04 Å². The molecule has 0 bridgehead atoms. The summed E-state index contributed by atoms with van der Waals surface area (Å²) in [4.78, 5) is 14.6. The molecule has 0 radical (unpaired) electrons. The number of para-hydroxylation sites is 2. The third-order valence-corrected chi connectivity index (χ3v) is 6.58. The first-order valence-corrected chi connectivity index (χ1v) is 11.9. The lowest BCUT2D eigenvalue weighted by Crippen LogP contribution is -2.22. The average molecular weight is 446 g/mol. The van der Waals surface area contributed by atoms with Crippen LogP contribution >= 0.6 is 0 Å². The molecule has 0 amide bonds. The second-order valence-corrected chi connectivity index (χ2v) is 9.16. The van der Waals surface area contributed by atoms with E-state index in [9.17, 15) is 0 Å². The number of hydrogen-bond donors (Lipinski definition) is 1. The molecule has 168 valence electrons. The first-order valence-electron chi connectivity index (χ1n) is 11.9. The molecule has 2 aromatic carbocycles. The lowest BCUT2D eigenvalue weighted by atomic mass is 9.94. The van der Waals surface area contributed by atoms with Gasteiger partial charge in [-0.1, -0.05) is 29.8 Å². The molecule has 0 saturated heterocycles. The van der Waals surface area contributed by atoms with Gasteiger partial charge in [0.15, 0.2) is 0 Å². The van der Waals surface area contributed by atoms with E-state index < -0.39 is 0 Å². The van der Waals surface area contributed by atoms with Gasteiger partial charge in [0.25, 0.3) is 0 Å². The highest BCUT2D eigenvalue weighted by Gasteiger charge is 2.19. The highest BCUT2D eigenvalue weighted by molar-refractivity contribution is 5.84. The minimum Gasteiger partial charge on any atom is -0.352 e. The number of benzene rings is 3. The van der Waals surface area contributed by atoms with Gasteiger partial charge in [-0.3, -0.25) is 9.98 Å². The molecule has 2 heterocycles. The van der Waals surface area contributed by atoms with Crippen LogP contribution in [-0.2, 0) is 0 Å². The molecule has 0 unspecified atom stereocenters. The topological polar surface area (TPSA) is 55.1 Å². The predicted octanol–water partition coefficient (Wildman–Crippen LogP) is 6.34. The third kappa shape index (κ3) is 3.83. The lowest BCUT2D eigenvalue weighted by molar-refractivity contribution is 0.413. The fourth-order valence-corrected chi connectivity index (χ4v) is 4.43. The van der Waals surface area contributed by atoms with Gasteiger partial charge in [-0.25, -0.2) is 4.98 Å². The first kappa shape index (κ1) is 20.6. The maximum absolute atomic E-state index is 5.13. The van der Waals surface area contributed by atoms with Crippen LogP contribution in [-0.4, -0.2) is 20.6 Å². The molecular weight excluding hydrogens is 418 g/mol. The smallest absolute Gasteiger partial charge is 0.0900 e. The second kappa shape index (κ2) is 8.41. The Morgan fingerprint density at radius 1 is 0.941 bits per heavy atom. The summed E-state index contributed by atoms with van der Waals surface area (Å²) >= 11 is 0. The molecule has 6 rings (SSSR count). The van der Waals surface area contributed by atoms with E-state index >= 15 is 0 Å². The molecule has 1 N–H and O–H groups in total. The number of aromatic nitrogens is 3. The third-order valence-electron chi connectivity index (χ3n) is 6.58. The molecule has 1 aliphatic heterocycles. The van der Waals surface area contributed by atoms with Crippen molar-refractivity contribution in [3.8, 4) is 17.1 Å². The average Bonchev–Trinajstić information content (AvgIpc) is 2.82. The Morgan fingerprint density at radius 3 is 2.50 bits per heavy atom. The van der Waals surface area contributed by atoms with Gasteiger partial charge in [0, 0.05) is 11.4 Å². The largest absolute Gasteiger partial charge is 0.352 e. The summed E-state index contributed by atoms with van der Waals surface area (Å²) in [5.74, 6) is 0. The zero-order valence-electron chi connectivity index (χ0n) is 19.5. The number of nitrogens with zero attached hydrogens (tertiary/aromatic N) is 4. The number of anilines is 2. The number of nitrogens with one attached hydrogen (secondary N) is 1. The van der Waals surface area contributed by atoms with Crippen molar-refractivity contribution in [2.24, 2.45) is 4.99 Å². The van der Waals surface area contributed by atoms with E-state index in [1.54, 1.807) is 0 Å². The molecule has 3 aromatic rings. The summed E-state index contributed by atoms with van der Waals surface area (Å²) in [7, 11) is 0. The summed E-state index contributed by atoms with van der Waals surface area (Å²) in [6, 6.07) is 25.8. The maximum atomic E-state index is 5.13. The normalized spacial score (nSPS) is 14.5. The minimum absolute atomic E-state index is 0.385. The minimum atomic E-state index is 0.385. The van der Waals surface area contributed by atoms with E-state index in [1.165, 1.54) is 12.0 Å². The predicted molar refractivity (Wildman–Crippen MR) is 138 cm³/mol. The van der Waals surface area contributed by atoms with Gasteiger partial charge in [-0.05, 0) is 81.6 Å². The Balaban J connectivity index is 1.62. The van der Waals surface area contributed by atoms with Crippen molar-refractivity contribution in [2.45, 2.75) is 39.2 Å². The van der Waals surface area contributed by atoms with Crippen LogP contribution in [0, 0.1) is 13.8 Å². The molecular formula is C29H27N5. The fourth-order valence-electron chi connectivity index (χ4n) is 4.43. The van der Waals surface area contributed by atoms with Crippen molar-refractivity contribution in [3.05, 3.63) is 95.6 Å². The van der Waals surface area contributed by atoms with Crippen molar-refractivity contribution < 1.29 is 0 Å². The number of pyridine rings is 1. The van der Waals surface area contributed by atoms with Crippen LogP contribution < -0.4 is 10.7 Å². The number of fused-ring (bicyclic) bond motifs is 2. The molecule has 1 saturated carbocycles. The van der Waals surface area contributed by atoms with E-state index in [2.05, 4.69) is 82.5 Å². The Morgan fingerprint density at radius 2 is 1.76 bits per heavy atom. The molecule has 1 fully saturated rings. The zero-order valence-corrected chi connectivity index (χ0v) is 19.5. The zero-order chi connectivity index (χ0) is 23.1. The van der Waals surface area contributed by atoms with Crippen LogP contribution in [0.1, 0.15) is 30.5 Å². The molecule has 0 spiro atoms. The Kier molecular flexibility index (Phi) is 5.10. The van der Waals surface area contributed by atoms with Gasteiger partial charge >= 0.3 is 0 Å². The van der Waals surface area contributed by atoms with Crippen LogP contribution in [0.4, 0.5) is 11.4 Å². The second-order valence-electron chi connectivity index (χ2n) is 9.16. The maximum Gasteiger partial charge on any atom is 0.0900 e. The number of aryl methyl sites for hydroxylation is 2. The van der Waals surface area contributed by atoms with Gasteiger partial charge in [-0.2, -0.15) is 0 Å². The SMILES string of the molecule is Cc1ccc(-n2c3cc(=NC4CCC4)c(Nc4ccc(C)nc4)cc-3nc3ccccc32)cc1. The number of rotatable bonds is 4. The Labute approximate surface area is 199 Å². The molecule has 5 nitrogen and oxygen atoms in total. The Bertz CT molecular complexity index is 1510. The molecule has 3 aliphatic rings. The summed E-state index contributed by atoms with van der Waals surface area (Å²) < 4.78 is 2.30. The quantitative estimate of drug-likeness (QED) is 0.329. The summed E-state index contributed by atoms with van der Waals surface area (Å²) in [6.45, 7) is 4.11. The van der Waals surface area contributed by atoms with Crippen LogP contribution in [0.5, 0.6) is 0 Å². The standard InChI is InChI=1S/C29H27N5/c1-19-10-14-23(15-11-19)34-28-9-4-3-8-24(28)33-27-16-25(32-22-13-12-20(2)30-18-22)26(17-29(27)34)31-21-6-5-7-21/h3-4,8-18,21,32H,5-7H2,1-2H3. The van der Waals surface area contributed by atoms with E-state index in [0.717, 1.165) is 63.4 Å². The van der Waals surface area contributed by atoms with Gasteiger partial charge in [0.05, 0.1) is 51.4 Å². The number of hydrogen-bond acceptors (Lipinski definition) is 4. The first-order chi connectivity index (χ1) is 16.6. The molecule has 5 heteroatoms. The van der Waals surface area contributed by atoms with Gasteiger partial charge in [0.1, 0.15) is 0 Å². The summed E-state index contributed by atoms with van der Waals surface area (Å²) in [6.07, 6.45) is 5.42. The van der Waals surface area contributed by atoms with E-state index in [4.69, 9.17) is 9.98 Å². The summed E-state index contributed by atoms with van der Waals surface area (Å²) in [5, 5.41) is 4.52. The van der Waals surface area contributed by atoms with Gasteiger partial charge in [0.2, 0.25) is 0 Å². The highest BCUT2D eigenvalue weighted by Crippen LogP contribution is 2.31. The molecule has 34 heavy (non-hydrogen) atoms. The van der Waals surface area contributed by atoms with Crippen LogP contribution in [0.3, 0.4) is 0 Å².